The zero-order valence-corrected chi connectivity index (χ0v) is 27.5. The van der Waals surface area contributed by atoms with E-state index >= 15 is 0 Å². The van der Waals surface area contributed by atoms with E-state index in [1.807, 2.05) is 41.3 Å². The van der Waals surface area contributed by atoms with Gasteiger partial charge in [-0.2, -0.15) is 0 Å². The van der Waals surface area contributed by atoms with Gasteiger partial charge in [-0.25, -0.2) is 0 Å². The number of nitrogens with zero attached hydrogens (tertiary/aromatic N) is 4. The van der Waals surface area contributed by atoms with Crippen LogP contribution in [0.3, 0.4) is 0 Å². The van der Waals surface area contributed by atoms with Crippen LogP contribution < -0.4 is 9.64 Å². The summed E-state index contributed by atoms with van der Waals surface area (Å²) in [5.41, 5.74) is 4.01. The minimum absolute atomic E-state index is 0.0403. The monoisotopic (exact) mass is 619 g/mol. The number of fused-ring (bicyclic) bond motifs is 2. The first kappa shape index (κ1) is 32.9. The van der Waals surface area contributed by atoms with E-state index in [4.69, 9.17) is 4.74 Å². The molecule has 1 fully saturated rings. The first-order valence-electron chi connectivity index (χ1n) is 16.7. The second kappa shape index (κ2) is 14.3. The van der Waals surface area contributed by atoms with Crippen LogP contribution in [0.5, 0.6) is 5.75 Å². The van der Waals surface area contributed by atoms with Crippen LogP contribution in [-0.2, 0) is 27.2 Å². The standard InChI is InChI=1S/C36H50N4O5/c1-5-6-17-37(18-9-10-20-40(2,3)4)34(42)25-38-24-29(26-13-14-32-28(22-26)16-21-45-32)35(36(43)44)31(38)15-19-39-30-12-8-7-11-27(30)23-33(39)41/h7-8,11-14,22,29,31,35H,5-6,9-10,15-21,23-25H2,1-4H3/p+1. The highest BCUT2D eigenvalue weighted by Crippen LogP contribution is 2.41. The molecule has 5 rings (SSSR count). The van der Waals surface area contributed by atoms with Gasteiger partial charge < -0.3 is 24.1 Å². The first-order valence-corrected chi connectivity index (χ1v) is 16.7. The third-order valence-electron chi connectivity index (χ3n) is 9.73. The predicted molar refractivity (Wildman–Crippen MR) is 176 cm³/mol. The molecule has 45 heavy (non-hydrogen) atoms. The molecule has 3 heterocycles. The second-order valence-electron chi connectivity index (χ2n) is 14.0. The van der Waals surface area contributed by atoms with E-state index in [9.17, 15) is 19.5 Å². The summed E-state index contributed by atoms with van der Waals surface area (Å²) >= 11 is 0. The second-order valence-corrected chi connectivity index (χ2v) is 14.0. The minimum Gasteiger partial charge on any atom is -0.493 e. The molecule has 9 heteroatoms. The van der Waals surface area contributed by atoms with Gasteiger partial charge in [0.05, 0.1) is 53.2 Å². The molecule has 1 saturated heterocycles. The van der Waals surface area contributed by atoms with Crippen LogP contribution in [-0.4, -0.2) is 110 Å². The number of aliphatic carboxylic acids is 1. The van der Waals surface area contributed by atoms with Gasteiger partial charge in [0.25, 0.3) is 0 Å². The minimum atomic E-state index is -0.854. The van der Waals surface area contributed by atoms with Gasteiger partial charge in [0.15, 0.2) is 0 Å². The third-order valence-corrected chi connectivity index (χ3v) is 9.73. The van der Waals surface area contributed by atoms with Crippen LogP contribution >= 0.6 is 0 Å². The molecule has 3 aliphatic rings. The van der Waals surface area contributed by atoms with Crippen molar-refractivity contribution in [3.05, 3.63) is 59.2 Å². The molecule has 0 aliphatic carbocycles. The number of hydrogen-bond acceptors (Lipinski definition) is 5. The Morgan fingerprint density at radius 1 is 1.04 bits per heavy atom. The summed E-state index contributed by atoms with van der Waals surface area (Å²) in [6, 6.07) is 13.5. The van der Waals surface area contributed by atoms with Crippen molar-refractivity contribution in [2.45, 2.75) is 63.8 Å². The average Bonchev–Trinajstić information content (AvgIpc) is 3.69. The number of hydrogen-bond donors (Lipinski definition) is 1. The number of ether oxygens (including phenoxy) is 1. The maximum atomic E-state index is 13.9. The summed E-state index contributed by atoms with van der Waals surface area (Å²) in [4.78, 5) is 45.9. The molecule has 2 aromatic rings. The van der Waals surface area contributed by atoms with Gasteiger partial charge >= 0.3 is 5.97 Å². The number of rotatable bonds is 15. The zero-order valence-electron chi connectivity index (χ0n) is 27.5. The van der Waals surface area contributed by atoms with E-state index in [-0.39, 0.29) is 30.3 Å². The first-order chi connectivity index (χ1) is 21.6. The summed E-state index contributed by atoms with van der Waals surface area (Å²) < 4.78 is 6.62. The molecule has 9 nitrogen and oxygen atoms in total. The van der Waals surface area contributed by atoms with Crippen LogP contribution in [0, 0.1) is 5.92 Å². The maximum Gasteiger partial charge on any atom is 0.308 e. The van der Waals surface area contributed by atoms with Gasteiger partial charge in [0, 0.05) is 50.2 Å². The van der Waals surface area contributed by atoms with Crippen molar-refractivity contribution >= 4 is 23.5 Å². The van der Waals surface area contributed by atoms with E-state index in [0.29, 0.717) is 45.6 Å². The van der Waals surface area contributed by atoms with Crippen LogP contribution in [0.1, 0.15) is 61.6 Å². The van der Waals surface area contributed by atoms with Crippen molar-refractivity contribution in [3.63, 3.8) is 0 Å². The van der Waals surface area contributed by atoms with E-state index in [2.05, 4.69) is 39.0 Å². The Morgan fingerprint density at radius 3 is 2.58 bits per heavy atom. The largest absolute Gasteiger partial charge is 0.493 e. The lowest BCUT2D eigenvalue weighted by molar-refractivity contribution is -0.870. The lowest BCUT2D eigenvalue weighted by Gasteiger charge is -2.31. The number of carboxylic acid groups (broad SMARTS) is 1. The lowest BCUT2D eigenvalue weighted by atomic mass is 9.83. The van der Waals surface area contributed by atoms with E-state index in [0.717, 1.165) is 71.3 Å². The number of carbonyl (C=O) groups is 3. The fourth-order valence-corrected chi connectivity index (χ4v) is 7.32. The van der Waals surface area contributed by atoms with Gasteiger partial charge in [-0.05, 0) is 54.5 Å². The van der Waals surface area contributed by atoms with Crippen molar-refractivity contribution < 1.29 is 28.7 Å². The fraction of sp³-hybridized carbons (Fsp3) is 0.583. The lowest BCUT2D eigenvalue weighted by Crippen LogP contribution is -2.46. The summed E-state index contributed by atoms with van der Waals surface area (Å²) in [7, 11) is 6.56. The SMILES string of the molecule is CCCCN(CCCC[N+](C)(C)C)C(=O)CN1CC(c2ccc3c(c2)CCO3)C(C(=O)O)C1CCN1C(=O)Cc2ccccc21. The molecule has 3 atom stereocenters. The van der Waals surface area contributed by atoms with Crippen molar-refractivity contribution in [3.8, 4) is 5.75 Å². The quantitative estimate of drug-likeness (QED) is 0.238. The highest BCUT2D eigenvalue weighted by Gasteiger charge is 2.47. The normalized spacial score (nSPS) is 21.1. The van der Waals surface area contributed by atoms with Crippen molar-refractivity contribution in [1.82, 2.24) is 9.80 Å². The molecule has 0 bridgehead atoms. The number of unbranched alkanes of at least 4 members (excludes halogenated alkanes) is 2. The summed E-state index contributed by atoms with van der Waals surface area (Å²) in [5, 5.41) is 10.7. The zero-order chi connectivity index (χ0) is 32.1. The highest BCUT2D eigenvalue weighted by molar-refractivity contribution is 6.01. The average molecular weight is 620 g/mol. The van der Waals surface area contributed by atoms with Gasteiger partial charge in [-0.1, -0.05) is 43.7 Å². The Hall–Kier alpha value is -3.43. The van der Waals surface area contributed by atoms with Gasteiger partial charge in [0.1, 0.15) is 5.75 Å². The number of quaternary nitrogens is 1. The van der Waals surface area contributed by atoms with E-state index in [1.165, 1.54) is 0 Å². The number of amides is 2. The van der Waals surface area contributed by atoms with Gasteiger partial charge in [-0.15, -0.1) is 0 Å². The smallest absolute Gasteiger partial charge is 0.308 e. The topological polar surface area (TPSA) is 90.4 Å². The Kier molecular flexibility index (Phi) is 10.5. The van der Waals surface area contributed by atoms with Crippen LogP contribution in [0.4, 0.5) is 5.69 Å². The molecule has 3 unspecified atom stereocenters. The van der Waals surface area contributed by atoms with Crippen molar-refractivity contribution in [2.24, 2.45) is 5.92 Å². The molecule has 0 radical (unpaired) electrons. The van der Waals surface area contributed by atoms with Crippen molar-refractivity contribution in [1.29, 1.82) is 0 Å². The Labute approximate surface area is 268 Å². The van der Waals surface area contributed by atoms with E-state index in [1.54, 1.807) is 4.90 Å². The highest BCUT2D eigenvalue weighted by atomic mass is 16.5. The number of para-hydroxylation sites is 1. The maximum absolute atomic E-state index is 13.9. The summed E-state index contributed by atoms with van der Waals surface area (Å²) in [6.07, 6.45) is 5.60. The van der Waals surface area contributed by atoms with Gasteiger partial charge in [-0.3, -0.25) is 19.3 Å². The summed E-state index contributed by atoms with van der Waals surface area (Å²) in [5.74, 6) is -0.837. The molecule has 0 saturated carbocycles. The third kappa shape index (κ3) is 7.87. The number of anilines is 1. The Bertz CT molecular complexity index is 1370. The molecule has 2 aromatic carbocycles. The summed E-state index contributed by atoms with van der Waals surface area (Å²) in [6.45, 7) is 6.35. The van der Waals surface area contributed by atoms with Crippen LogP contribution in [0.2, 0.25) is 0 Å². The molecule has 2 amide bonds. The molecule has 1 N–H and O–H groups in total. The number of benzene rings is 2. The predicted octanol–water partition coefficient (Wildman–Crippen LogP) is 4.18. The van der Waals surface area contributed by atoms with Crippen LogP contribution in [0.25, 0.3) is 0 Å². The molecule has 3 aliphatic heterocycles. The molecular formula is C36H51N4O5+. The fourth-order valence-electron chi connectivity index (χ4n) is 7.32. The Morgan fingerprint density at radius 2 is 1.82 bits per heavy atom. The van der Waals surface area contributed by atoms with E-state index < -0.39 is 11.9 Å². The molecule has 0 aromatic heterocycles. The molecular weight excluding hydrogens is 568 g/mol. The molecule has 0 spiro atoms. The number of carboxylic acids is 1. The number of likely N-dealkylation sites (tertiary alicyclic amines) is 1. The van der Waals surface area contributed by atoms with Crippen LogP contribution in [0.15, 0.2) is 42.5 Å². The Balaban J connectivity index is 1.37. The molecule has 244 valence electrons. The van der Waals surface area contributed by atoms with Crippen molar-refractivity contribution in [2.75, 3.05) is 71.9 Å². The number of carbonyl (C=O) groups excluding carboxylic acids is 2. The van der Waals surface area contributed by atoms with Gasteiger partial charge in [0.2, 0.25) is 11.8 Å².